The van der Waals surface area contributed by atoms with E-state index in [1.807, 2.05) is 0 Å². The van der Waals surface area contributed by atoms with Crippen LogP contribution in [0, 0.1) is 5.92 Å². The number of benzene rings is 1. The predicted octanol–water partition coefficient (Wildman–Crippen LogP) is 0.0774. The molecule has 1 aliphatic heterocycles. The largest absolute Gasteiger partial charge is 0.461 e. The molecule has 0 aliphatic carbocycles. The van der Waals surface area contributed by atoms with Gasteiger partial charge in [-0.2, -0.15) is 0 Å². The van der Waals surface area contributed by atoms with Crippen LogP contribution in [0.25, 0.3) is 0 Å². The van der Waals surface area contributed by atoms with Gasteiger partial charge in [0, 0.05) is 30.8 Å². The van der Waals surface area contributed by atoms with Crippen molar-refractivity contribution in [3.05, 3.63) is 42.0 Å². The van der Waals surface area contributed by atoms with Crippen LogP contribution in [0.1, 0.15) is 45.6 Å². The van der Waals surface area contributed by atoms with Crippen molar-refractivity contribution in [2.24, 2.45) is 11.7 Å². The Morgan fingerprint density at radius 3 is 2.15 bits per heavy atom. The summed E-state index contributed by atoms with van der Waals surface area (Å²) in [4.78, 5) is 85.5. The first kappa shape index (κ1) is 32.5. The second-order valence-corrected chi connectivity index (χ2v) is 9.58. The van der Waals surface area contributed by atoms with Gasteiger partial charge in [0.15, 0.2) is 0 Å². The molecule has 41 heavy (non-hydrogen) atoms. The number of nitrogens with one attached hydrogen (secondary N) is 4. The molecule has 14 heteroatoms. The van der Waals surface area contributed by atoms with Gasteiger partial charge in [-0.1, -0.05) is 32.9 Å². The highest BCUT2D eigenvalue weighted by atomic mass is 16.5. The van der Waals surface area contributed by atoms with Crippen molar-refractivity contribution in [3.8, 4) is 0 Å². The fourth-order valence-electron chi connectivity index (χ4n) is 3.71. The zero-order valence-corrected chi connectivity index (χ0v) is 23.2. The molecule has 1 aliphatic rings. The van der Waals surface area contributed by atoms with Crippen molar-refractivity contribution in [2.75, 3.05) is 18.4 Å². The molecular formula is C27H36N6O8. The number of carbonyl (C=O) groups excluding carboxylic acids is 7. The minimum atomic E-state index is -1.08. The number of nitrogens with two attached hydrogens (primary N) is 1. The van der Waals surface area contributed by atoms with E-state index in [4.69, 9.17) is 10.5 Å². The van der Waals surface area contributed by atoms with Gasteiger partial charge in [-0.05, 0) is 36.5 Å². The molecule has 2 rings (SSSR count). The van der Waals surface area contributed by atoms with Gasteiger partial charge in [0.2, 0.25) is 17.7 Å². The Kier molecular flexibility index (Phi) is 12.5. The van der Waals surface area contributed by atoms with Crippen LogP contribution in [0.15, 0.2) is 36.4 Å². The first-order chi connectivity index (χ1) is 19.4. The number of ether oxygens (including phenoxy) is 1. The van der Waals surface area contributed by atoms with Crippen LogP contribution in [0.3, 0.4) is 0 Å². The molecule has 0 saturated carbocycles. The number of rotatable bonds is 15. The highest BCUT2D eigenvalue weighted by Gasteiger charge is 2.31. The van der Waals surface area contributed by atoms with E-state index in [0.29, 0.717) is 12.1 Å². The fourth-order valence-corrected chi connectivity index (χ4v) is 3.71. The van der Waals surface area contributed by atoms with Gasteiger partial charge in [-0.25, -0.2) is 4.79 Å². The lowest BCUT2D eigenvalue weighted by Gasteiger charge is -2.26. The van der Waals surface area contributed by atoms with Gasteiger partial charge in [0.25, 0.3) is 11.8 Å². The molecule has 0 radical (unpaired) electrons. The first-order valence-electron chi connectivity index (χ1n) is 13.1. The number of imide groups is 1. The van der Waals surface area contributed by atoms with E-state index in [2.05, 4.69) is 21.3 Å². The number of amides is 7. The highest BCUT2D eigenvalue weighted by Crippen LogP contribution is 2.13. The Labute approximate surface area is 237 Å². The van der Waals surface area contributed by atoms with Crippen LogP contribution < -0.4 is 27.0 Å². The lowest BCUT2D eigenvalue weighted by Crippen LogP contribution is -2.56. The number of hydrogen-bond acceptors (Lipinski definition) is 8. The number of carbonyl (C=O) groups is 7. The van der Waals surface area contributed by atoms with Gasteiger partial charge < -0.3 is 31.7 Å². The van der Waals surface area contributed by atoms with Crippen molar-refractivity contribution in [1.29, 1.82) is 0 Å². The Balaban J connectivity index is 2.07. The third kappa shape index (κ3) is 10.7. The van der Waals surface area contributed by atoms with E-state index in [0.717, 1.165) is 22.6 Å². The van der Waals surface area contributed by atoms with Gasteiger partial charge in [-0.15, -0.1) is 0 Å². The minimum Gasteiger partial charge on any atom is -0.461 e. The molecule has 6 N–H and O–H groups in total. The maximum Gasteiger partial charge on any atom is 0.312 e. The van der Waals surface area contributed by atoms with E-state index in [1.54, 1.807) is 45.0 Å². The average molecular weight is 573 g/mol. The summed E-state index contributed by atoms with van der Waals surface area (Å²) >= 11 is 0. The number of nitrogens with zero attached hydrogens (tertiary/aromatic N) is 1. The molecule has 1 heterocycles. The van der Waals surface area contributed by atoms with Crippen LogP contribution in [0.2, 0.25) is 0 Å². The maximum atomic E-state index is 13.2. The second kappa shape index (κ2) is 15.7. The molecule has 0 unspecified atom stereocenters. The molecule has 0 spiro atoms. The standard InChI is InChI=1S/C27H36N6O8/c1-4-23(37)41-15-17-7-9-18(10-8-17)30-25(38)19(6-5-13-29-27(28)40)31-26(39)24(16(2)3)32-20(34)14-33-21(35)11-12-22(33)36/h7-12,16,19,24H,4-6,13-15H2,1-3H3,(H,30,38)(H,31,39)(H,32,34)(H3,28,29,40)/t19-,24-/m0/s1. The Morgan fingerprint density at radius 1 is 0.951 bits per heavy atom. The van der Waals surface area contributed by atoms with Gasteiger partial charge in [0.1, 0.15) is 25.2 Å². The molecule has 1 aromatic carbocycles. The summed E-state index contributed by atoms with van der Waals surface area (Å²) in [5.74, 6) is -3.92. The van der Waals surface area contributed by atoms with Gasteiger partial charge in [-0.3, -0.25) is 33.7 Å². The quantitative estimate of drug-likeness (QED) is 0.110. The van der Waals surface area contributed by atoms with E-state index in [-0.39, 0.29) is 32.0 Å². The van der Waals surface area contributed by atoms with Crippen LogP contribution in [0.4, 0.5) is 10.5 Å². The van der Waals surface area contributed by atoms with Crippen molar-refractivity contribution >= 4 is 47.2 Å². The van der Waals surface area contributed by atoms with Crippen LogP contribution >= 0.6 is 0 Å². The molecule has 1 aromatic rings. The van der Waals surface area contributed by atoms with E-state index >= 15 is 0 Å². The zero-order chi connectivity index (χ0) is 30.5. The summed E-state index contributed by atoms with van der Waals surface area (Å²) in [6, 6.07) is 3.74. The van der Waals surface area contributed by atoms with Gasteiger partial charge in [0.05, 0.1) is 0 Å². The number of primary amides is 1. The third-order valence-corrected chi connectivity index (χ3v) is 5.98. The van der Waals surface area contributed by atoms with Crippen molar-refractivity contribution in [3.63, 3.8) is 0 Å². The number of urea groups is 1. The summed E-state index contributed by atoms with van der Waals surface area (Å²) < 4.78 is 5.09. The zero-order valence-electron chi connectivity index (χ0n) is 23.2. The molecule has 0 fully saturated rings. The van der Waals surface area contributed by atoms with E-state index in [9.17, 15) is 33.6 Å². The van der Waals surface area contributed by atoms with Crippen LogP contribution in [-0.2, 0) is 40.1 Å². The van der Waals surface area contributed by atoms with Crippen molar-refractivity contribution in [1.82, 2.24) is 20.9 Å². The van der Waals surface area contributed by atoms with Crippen LogP contribution in [0.5, 0.6) is 0 Å². The fraction of sp³-hybridized carbons (Fsp3) is 0.444. The third-order valence-electron chi connectivity index (χ3n) is 5.98. The van der Waals surface area contributed by atoms with Crippen molar-refractivity contribution < 1.29 is 38.3 Å². The molecule has 0 saturated heterocycles. The monoisotopic (exact) mass is 572 g/mol. The molecule has 222 valence electrons. The number of hydrogen-bond donors (Lipinski definition) is 5. The summed E-state index contributed by atoms with van der Waals surface area (Å²) in [5.41, 5.74) is 6.24. The number of anilines is 1. The first-order valence-corrected chi connectivity index (χ1v) is 13.1. The van der Waals surface area contributed by atoms with E-state index < -0.39 is 60.1 Å². The summed E-state index contributed by atoms with van der Waals surface area (Å²) in [6.07, 6.45) is 2.78. The summed E-state index contributed by atoms with van der Waals surface area (Å²) in [5, 5.41) is 10.3. The number of esters is 1. The molecule has 7 amide bonds. The van der Waals surface area contributed by atoms with E-state index in [1.165, 1.54) is 0 Å². The molecule has 0 bridgehead atoms. The highest BCUT2D eigenvalue weighted by molar-refractivity contribution is 6.14. The van der Waals surface area contributed by atoms with Crippen molar-refractivity contribution in [2.45, 2.75) is 58.7 Å². The SMILES string of the molecule is CCC(=O)OCc1ccc(NC(=O)[C@H](CCCNC(N)=O)NC(=O)[C@@H](NC(=O)CN2C(=O)C=CC2=O)C(C)C)cc1. The Bertz CT molecular complexity index is 1160. The predicted molar refractivity (Wildman–Crippen MR) is 147 cm³/mol. The Morgan fingerprint density at radius 2 is 1.59 bits per heavy atom. The lowest BCUT2D eigenvalue weighted by atomic mass is 10.0. The topological polar surface area (TPSA) is 206 Å². The smallest absolute Gasteiger partial charge is 0.312 e. The summed E-state index contributed by atoms with van der Waals surface area (Å²) in [7, 11) is 0. The molecule has 2 atom stereocenters. The minimum absolute atomic E-state index is 0.0886. The molecular weight excluding hydrogens is 536 g/mol. The second-order valence-electron chi connectivity index (χ2n) is 9.58. The maximum absolute atomic E-state index is 13.2. The summed E-state index contributed by atoms with van der Waals surface area (Å²) in [6.45, 7) is 4.75. The Hall–Kier alpha value is -4.75. The normalized spacial score (nSPS) is 13.9. The average Bonchev–Trinajstić information content (AvgIpc) is 3.24. The molecule has 0 aromatic heterocycles. The van der Waals surface area contributed by atoms with Crippen LogP contribution in [-0.4, -0.2) is 71.6 Å². The molecule has 14 nitrogen and oxygen atoms in total. The lowest BCUT2D eigenvalue weighted by molar-refractivity contribution is -0.144. The van der Waals surface area contributed by atoms with Gasteiger partial charge >= 0.3 is 12.0 Å².